The van der Waals surface area contributed by atoms with Gasteiger partial charge in [0.1, 0.15) is 12.5 Å². The molecule has 0 atom stereocenters. The van der Waals surface area contributed by atoms with Gasteiger partial charge in [-0.2, -0.15) is 0 Å². The Kier molecular flexibility index (Phi) is 4.12. The van der Waals surface area contributed by atoms with E-state index in [0.717, 1.165) is 37.5 Å². The van der Waals surface area contributed by atoms with Crippen molar-refractivity contribution in [3.05, 3.63) is 29.8 Å². The number of rotatable bonds is 4. The van der Waals surface area contributed by atoms with Gasteiger partial charge in [0.2, 0.25) is 0 Å². The van der Waals surface area contributed by atoms with Crippen molar-refractivity contribution in [1.82, 2.24) is 10.2 Å². The van der Waals surface area contributed by atoms with Gasteiger partial charge in [-0.15, -0.1) is 0 Å². The fraction of sp³-hybridized carbons (Fsp3) is 0.462. The minimum atomic E-state index is 0.0821. The summed E-state index contributed by atoms with van der Waals surface area (Å²) in [5.74, 6) is 0.896. The zero-order valence-electron chi connectivity index (χ0n) is 10.1. The van der Waals surface area contributed by atoms with Crippen molar-refractivity contribution in [3.8, 4) is 5.75 Å². The fourth-order valence-corrected chi connectivity index (χ4v) is 1.79. The van der Waals surface area contributed by atoms with Crippen LogP contribution in [-0.2, 0) is 0 Å². The lowest BCUT2D eigenvalue weighted by molar-refractivity contribution is 0.101. The van der Waals surface area contributed by atoms with E-state index in [4.69, 9.17) is 4.74 Å². The Labute approximate surface area is 102 Å². The summed E-state index contributed by atoms with van der Waals surface area (Å²) in [6.07, 6.45) is 0. The number of hydrogen-bond acceptors (Lipinski definition) is 4. The van der Waals surface area contributed by atoms with E-state index in [-0.39, 0.29) is 5.78 Å². The van der Waals surface area contributed by atoms with Crippen LogP contribution < -0.4 is 10.1 Å². The number of carbonyl (C=O) groups is 1. The van der Waals surface area contributed by atoms with Crippen molar-refractivity contribution in [3.63, 3.8) is 0 Å². The van der Waals surface area contributed by atoms with Crippen molar-refractivity contribution in [1.29, 1.82) is 0 Å². The van der Waals surface area contributed by atoms with E-state index >= 15 is 0 Å². The average Bonchev–Trinajstić information content (AvgIpc) is 2.38. The monoisotopic (exact) mass is 234 g/mol. The van der Waals surface area contributed by atoms with Crippen LogP contribution in [0.4, 0.5) is 0 Å². The van der Waals surface area contributed by atoms with Gasteiger partial charge in [-0.1, -0.05) is 0 Å². The third-order valence-corrected chi connectivity index (χ3v) is 2.88. The van der Waals surface area contributed by atoms with E-state index in [2.05, 4.69) is 10.2 Å². The quantitative estimate of drug-likeness (QED) is 0.793. The Balaban J connectivity index is 1.84. The first kappa shape index (κ1) is 12.1. The highest BCUT2D eigenvalue weighted by Crippen LogP contribution is 2.12. The van der Waals surface area contributed by atoms with E-state index in [1.54, 1.807) is 19.1 Å². The minimum Gasteiger partial charge on any atom is -0.478 e. The van der Waals surface area contributed by atoms with E-state index in [1.807, 2.05) is 12.1 Å². The van der Waals surface area contributed by atoms with Crippen LogP contribution in [-0.4, -0.2) is 43.6 Å². The second-order valence-corrected chi connectivity index (χ2v) is 4.22. The van der Waals surface area contributed by atoms with E-state index in [1.165, 1.54) is 0 Å². The molecule has 0 unspecified atom stereocenters. The zero-order valence-corrected chi connectivity index (χ0v) is 10.1. The van der Waals surface area contributed by atoms with Crippen molar-refractivity contribution < 1.29 is 9.53 Å². The number of carbonyl (C=O) groups excluding carboxylic acids is 1. The summed E-state index contributed by atoms with van der Waals surface area (Å²) in [7, 11) is 0. The topological polar surface area (TPSA) is 41.6 Å². The first-order valence-electron chi connectivity index (χ1n) is 5.92. The molecule has 1 aromatic carbocycles. The van der Waals surface area contributed by atoms with Gasteiger partial charge >= 0.3 is 0 Å². The lowest BCUT2D eigenvalue weighted by Gasteiger charge is -2.26. The molecule has 0 aliphatic carbocycles. The summed E-state index contributed by atoms with van der Waals surface area (Å²) < 4.78 is 5.67. The largest absolute Gasteiger partial charge is 0.478 e. The summed E-state index contributed by atoms with van der Waals surface area (Å²) in [5.41, 5.74) is 0.722. The molecule has 1 aliphatic heterocycles. The fourth-order valence-electron chi connectivity index (χ4n) is 1.79. The number of hydrogen-bond donors (Lipinski definition) is 1. The molecule has 0 saturated carbocycles. The van der Waals surface area contributed by atoms with Crippen LogP contribution in [0, 0.1) is 0 Å². The highest BCUT2D eigenvalue weighted by atomic mass is 16.5. The maximum atomic E-state index is 11.1. The van der Waals surface area contributed by atoms with E-state index in [9.17, 15) is 4.79 Å². The number of ether oxygens (including phenoxy) is 1. The van der Waals surface area contributed by atoms with Crippen molar-refractivity contribution in [2.24, 2.45) is 0 Å². The number of piperazine rings is 1. The van der Waals surface area contributed by atoms with E-state index in [0.29, 0.717) is 6.73 Å². The van der Waals surface area contributed by atoms with Crippen LogP contribution in [0.15, 0.2) is 24.3 Å². The molecule has 1 aromatic rings. The Hall–Kier alpha value is -1.39. The predicted molar refractivity (Wildman–Crippen MR) is 66.4 cm³/mol. The molecule has 0 amide bonds. The maximum Gasteiger partial charge on any atom is 0.159 e. The van der Waals surface area contributed by atoms with Crippen LogP contribution >= 0.6 is 0 Å². The van der Waals surface area contributed by atoms with Crippen LogP contribution in [0.25, 0.3) is 0 Å². The Morgan fingerprint density at radius 2 is 1.94 bits per heavy atom. The number of nitrogens with one attached hydrogen (secondary N) is 1. The molecule has 92 valence electrons. The molecule has 0 spiro atoms. The summed E-state index contributed by atoms with van der Waals surface area (Å²) >= 11 is 0. The molecule has 1 saturated heterocycles. The molecule has 0 bridgehead atoms. The number of nitrogens with zero attached hydrogens (tertiary/aromatic N) is 1. The Morgan fingerprint density at radius 1 is 1.29 bits per heavy atom. The zero-order chi connectivity index (χ0) is 12.1. The van der Waals surface area contributed by atoms with Crippen molar-refractivity contribution in [2.75, 3.05) is 32.9 Å². The maximum absolute atomic E-state index is 11.1. The molecule has 2 rings (SSSR count). The van der Waals surface area contributed by atoms with Crippen LogP contribution in [0.2, 0.25) is 0 Å². The first-order chi connectivity index (χ1) is 8.25. The highest BCUT2D eigenvalue weighted by molar-refractivity contribution is 5.94. The molecule has 1 aliphatic rings. The molecule has 4 nitrogen and oxygen atoms in total. The average molecular weight is 234 g/mol. The van der Waals surface area contributed by atoms with Gasteiger partial charge in [0, 0.05) is 31.7 Å². The standard InChI is InChI=1S/C13H18N2O2/c1-11(16)12-2-4-13(5-3-12)17-10-15-8-6-14-7-9-15/h2-5,14H,6-10H2,1H3. The molecule has 0 aromatic heterocycles. The van der Waals surface area contributed by atoms with Crippen molar-refractivity contribution >= 4 is 5.78 Å². The summed E-state index contributed by atoms with van der Waals surface area (Å²) in [5, 5.41) is 3.30. The molecule has 4 heteroatoms. The summed E-state index contributed by atoms with van der Waals surface area (Å²) in [6.45, 7) is 6.26. The molecular formula is C13H18N2O2. The smallest absolute Gasteiger partial charge is 0.159 e. The SMILES string of the molecule is CC(=O)c1ccc(OCN2CCNCC2)cc1. The van der Waals surface area contributed by atoms with Crippen molar-refractivity contribution in [2.45, 2.75) is 6.92 Å². The molecule has 17 heavy (non-hydrogen) atoms. The number of ketones is 1. The van der Waals surface area contributed by atoms with Crippen LogP contribution in [0.5, 0.6) is 5.75 Å². The van der Waals surface area contributed by atoms with Gasteiger partial charge < -0.3 is 10.1 Å². The van der Waals surface area contributed by atoms with Gasteiger partial charge in [0.25, 0.3) is 0 Å². The van der Waals surface area contributed by atoms with Gasteiger partial charge in [0.15, 0.2) is 5.78 Å². The van der Waals surface area contributed by atoms with E-state index < -0.39 is 0 Å². The summed E-state index contributed by atoms with van der Waals surface area (Å²) in [6, 6.07) is 7.29. The third-order valence-electron chi connectivity index (χ3n) is 2.88. The Morgan fingerprint density at radius 3 is 2.53 bits per heavy atom. The second-order valence-electron chi connectivity index (χ2n) is 4.22. The highest BCUT2D eigenvalue weighted by Gasteiger charge is 2.09. The molecule has 1 N–H and O–H groups in total. The summed E-state index contributed by atoms with van der Waals surface area (Å²) in [4.78, 5) is 13.4. The first-order valence-corrected chi connectivity index (χ1v) is 5.92. The van der Waals surface area contributed by atoms with Crippen LogP contribution in [0.1, 0.15) is 17.3 Å². The molecule has 1 fully saturated rings. The van der Waals surface area contributed by atoms with Gasteiger partial charge in [-0.05, 0) is 31.2 Å². The lowest BCUT2D eigenvalue weighted by Crippen LogP contribution is -2.44. The molecule has 1 heterocycles. The minimum absolute atomic E-state index is 0.0821. The van der Waals surface area contributed by atoms with Gasteiger partial charge in [0.05, 0.1) is 0 Å². The lowest BCUT2D eigenvalue weighted by atomic mass is 10.1. The van der Waals surface area contributed by atoms with Crippen LogP contribution in [0.3, 0.4) is 0 Å². The molecular weight excluding hydrogens is 216 g/mol. The third kappa shape index (κ3) is 3.54. The van der Waals surface area contributed by atoms with Gasteiger partial charge in [-0.3, -0.25) is 9.69 Å². The molecule has 0 radical (unpaired) electrons. The van der Waals surface area contributed by atoms with Gasteiger partial charge in [-0.25, -0.2) is 0 Å². The normalized spacial score (nSPS) is 16.8. The number of Topliss-reactive ketones (excluding diaryl/α,β-unsaturated/α-hetero) is 1. The number of benzene rings is 1. The second kappa shape index (κ2) is 5.80. The predicted octanol–water partition coefficient (Wildman–Crippen LogP) is 1.13. The Bertz CT molecular complexity index is 370.